The van der Waals surface area contributed by atoms with Gasteiger partial charge in [-0.3, -0.25) is 9.78 Å². The van der Waals surface area contributed by atoms with Crippen molar-refractivity contribution in [3.05, 3.63) is 35.8 Å². The van der Waals surface area contributed by atoms with E-state index in [9.17, 15) is 14.3 Å². The summed E-state index contributed by atoms with van der Waals surface area (Å²) in [6.07, 6.45) is 8.42. The second kappa shape index (κ2) is 11.0. The molecule has 34 heavy (non-hydrogen) atoms. The molecule has 1 aliphatic heterocycles. The Morgan fingerprint density at radius 2 is 2.00 bits per heavy atom. The minimum Gasteiger partial charge on any atom is -0.497 e. The number of carboxylic acids is 1. The highest BCUT2D eigenvalue weighted by molar-refractivity contribution is 5.84. The summed E-state index contributed by atoms with van der Waals surface area (Å²) in [4.78, 5) is 18.7. The normalized spacial score (nSPS) is 20.3. The number of aliphatic carboxylic acids is 1. The van der Waals surface area contributed by atoms with Crippen molar-refractivity contribution in [2.75, 3.05) is 26.7 Å². The van der Waals surface area contributed by atoms with E-state index in [1.54, 1.807) is 18.2 Å². The number of nitrogens with zero attached hydrogens (tertiary/aromatic N) is 2. The lowest BCUT2D eigenvalue weighted by Crippen LogP contribution is -2.45. The van der Waals surface area contributed by atoms with Gasteiger partial charge < -0.3 is 14.7 Å². The van der Waals surface area contributed by atoms with E-state index in [4.69, 9.17) is 4.74 Å². The number of halogens is 2. The summed E-state index contributed by atoms with van der Waals surface area (Å²) in [5.41, 5.74) is -0.531. The number of alkyl halides is 1. The van der Waals surface area contributed by atoms with E-state index >= 15 is 4.39 Å². The van der Waals surface area contributed by atoms with E-state index in [-0.39, 0.29) is 18.4 Å². The molecule has 1 aromatic carbocycles. The molecule has 5 nitrogen and oxygen atoms in total. The largest absolute Gasteiger partial charge is 0.497 e. The van der Waals surface area contributed by atoms with Crippen LogP contribution in [0, 0.1) is 17.2 Å². The van der Waals surface area contributed by atoms with Gasteiger partial charge in [0.2, 0.25) is 0 Å². The Balaban J connectivity index is 1.39. The lowest BCUT2D eigenvalue weighted by molar-refractivity contribution is -0.153. The third-order valence-electron chi connectivity index (χ3n) is 8.10. The molecule has 1 N–H and O–H groups in total. The Kier molecular flexibility index (Phi) is 8.02. The fourth-order valence-corrected chi connectivity index (χ4v) is 5.78. The zero-order valence-electron chi connectivity index (χ0n) is 20.1. The van der Waals surface area contributed by atoms with E-state index in [0.29, 0.717) is 29.5 Å². The summed E-state index contributed by atoms with van der Waals surface area (Å²) in [6.45, 7) is 2.46. The molecule has 1 atom stereocenters. The van der Waals surface area contributed by atoms with Crippen molar-refractivity contribution in [1.82, 2.24) is 9.88 Å². The van der Waals surface area contributed by atoms with Gasteiger partial charge in [-0.05, 0) is 75.9 Å². The van der Waals surface area contributed by atoms with Gasteiger partial charge in [-0.2, -0.15) is 0 Å². The SMILES string of the molecule is COc1ccc2ncc(F)c(C(F)CCC3(C(=O)O)CCN(CCC4CCCCC4)CC3)c2c1. The van der Waals surface area contributed by atoms with E-state index in [0.717, 1.165) is 31.7 Å². The van der Waals surface area contributed by atoms with Crippen molar-refractivity contribution in [1.29, 1.82) is 0 Å². The first-order valence-corrected chi connectivity index (χ1v) is 12.6. The van der Waals surface area contributed by atoms with E-state index in [2.05, 4.69) is 9.88 Å². The van der Waals surface area contributed by atoms with Crippen LogP contribution in [0.3, 0.4) is 0 Å². The van der Waals surface area contributed by atoms with E-state index in [1.165, 1.54) is 45.6 Å². The number of hydrogen-bond acceptors (Lipinski definition) is 4. The monoisotopic (exact) mass is 474 g/mol. The fourth-order valence-electron chi connectivity index (χ4n) is 5.78. The van der Waals surface area contributed by atoms with Crippen LogP contribution in [0.4, 0.5) is 8.78 Å². The maximum atomic E-state index is 15.4. The predicted octanol–water partition coefficient (Wildman–Crippen LogP) is 6.31. The average molecular weight is 475 g/mol. The molecule has 2 aromatic rings. The number of aromatic nitrogens is 1. The van der Waals surface area contributed by atoms with Crippen LogP contribution in [0.1, 0.15) is 75.9 Å². The number of benzene rings is 1. The zero-order valence-corrected chi connectivity index (χ0v) is 20.1. The predicted molar refractivity (Wildman–Crippen MR) is 128 cm³/mol. The van der Waals surface area contributed by atoms with Crippen LogP contribution >= 0.6 is 0 Å². The minimum atomic E-state index is -1.61. The zero-order chi connectivity index (χ0) is 24.1. The molecule has 0 amide bonds. The molecule has 4 rings (SSSR count). The van der Waals surface area contributed by atoms with Gasteiger partial charge >= 0.3 is 5.97 Å². The molecular formula is C27H36F2N2O3. The molecule has 0 spiro atoms. The minimum absolute atomic E-state index is 0.0401. The van der Waals surface area contributed by atoms with Crippen molar-refractivity contribution < 1.29 is 23.4 Å². The quantitative estimate of drug-likeness (QED) is 0.461. The summed E-state index contributed by atoms with van der Waals surface area (Å²) >= 11 is 0. The summed E-state index contributed by atoms with van der Waals surface area (Å²) in [6, 6.07) is 4.96. The van der Waals surface area contributed by atoms with Gasteiger partial charge in [-0.25, -0.2) is 8.78 Å². The number of carboxylic acid groups (broad SMARTS) is 1. The Labute approximate surface area is 200 Å². The summed E-state index contributed by atoms with van der Waals surface area (Å²) in [5, 5.41) is 10.4. The highest BCUT2D eigenvalue weighted by Crippen LogP contribution is 2.41. The average Bonchev–Trinajstić information content (AvgIpc) is 2.86. The molecule has 186 valence electrons. The van der Waals surface area contributed by atoms with Crippen molar-refractivity contribution >= 4 is 16.9 Å². The number of rotatable bonds is 9. The lowest BCUT2D eigenvalue weighted by Gasteiger charge is -2.39. The molecule has 1 aliphatic carbocycles. The number of likely N-dealkylation sites (tertiary alicyclic amines) is 1. The van der Waals surface area contributed by atoms with Gasteiger partial charge in [0.25, 0.3) is 0 Å². The summed E-state index contributed by atoms with van der Waals surface area (Å²) in [7, 11) is 1.50. The Morgan fingerprint density at radius 3 is 2.68 bits per heavy atom. The number of methoxy groups -OCH3 is 1. The number of ether oxygens (including phenoxy) is 1. The van der Waals surface area contributed by atoms with Crippen LogP contribution in [0.15, 0.2) is 24.4 Å². The number of piperidine rings is 1. The van der Waals surface area contributed by atoms with Crippen molar-refractivity contribution in [2.45, 2.75) is 70.4 Å². The Hall–Kier alpha value is -2.28. The van der Waals surface area contributed by atoms with Crippen LogP contribution in [0.5, 0.6) is 5.75 Å². The lowest BCUT2D eigenvalue weighted by atomic mass is 9.74. The van der Waals surface area contributed by atoms with Crippen molar-refractivity contribution in [3.63, 3.8) is 0 Å². The molecule has 2 aliphatic rings. The maximum Gasteiger partial charge on any atom is 0.309 e. The van der Waals surface area contributed by atoms with Crippen LogP contribution in [0.25, 0.3) is 10.9 Å². The van der Waals surface area contributed by atoms with E-state index < -0.39 is 23.4 Å². The molecule has 1 aromatic heterocycles. The van der Waals surface area contributed by atoms with Gasteiger partial charge in [-0.15, -0.1) is 0 Å². The third-order valence-corrected chi connectivity index (χ3v) is 8.10. The van der Waals surface area contributed by atoms with Gasteiger partial charge in [0.1, 0.15) is 17.7 Å². The molecule has 2 heterocycles. The smallest absolute Gasteiger partial charge is 0.309 e. The number of carbonyl (C=O) groups is 1. The number of pyridine rings is 1. The number of fused-ring (bicyclic) bond motifs is 1. The molecule has 7 heteroatoms. The molecule has 0 bridgehead atoms. The van der Waals surface area contributed by atoms with Crippen LogP contribution < -0.4 is 4.74 Å². The number of hydrogen-bond donors (Lipinski definition) is 1. The van der Waals surface area contributed by atoms with Crippen LogP contribution in [0.2, 0.25) is 0 Å². The second-order valence-corrected chi connectivity index (χ2v) is 10.1. The van der Waals surface area contributed by atoms with Crippen molar-refractivity contribution in [3.8, 4) is 5.75 Å². The molecule has 1 unspecified atom stereocenters. The van der Waals surface area contributed by atoms with Crippen LogP contribution in [-0.2, 0) is 4.79 Å². The van der Waals surface area contributed by atoms with Crippen LogP contribution in [-0.4, -0.2) is 47.7 Å². The van der Waals surface area contributed by atoms with Gasteiger partial charge in [0.05, 0.1) is 24.2 Å². The molecule has 2 fully saturated rings. The first-order valence-electron chi connectivity index (χ1n) is 12.6. The first kappa shape index (κ1) is 24.8. The van der Waals surface area contributed by atoms with Gasteiger partial charge in [0, 0.05) is 10.9 Å². The summed E-state index contributed by atoms with van der Waals surface area (Å²) in [5.74, 6) is -0.282. The first-order chi connectivity index (χ1) is 16.4. The second-order valence-electron chi connectivity index (χ2n) is 10.1. The molecule has 1 saturated heterocycles. The molecular weight excluding hydrogens is 438 g/mol. The van der Waals surface area contributed by atoms with E-state index in [1.807, 2.05) is 0 Å². The van der Waals surface area contributed by atoms with Gasteiger partial charge in [0.15, 0.2) is 0 Å². The summed E-state index contributed by atoms with van der Waals surface area (Å²) < 4.78 is 35.3. The Bertz CT molecular complexity index is 985. The maximum absolute atomic E-state index is 15.4. The standard InChI is InChI=1S/C27H36F2N2O3/c1-34-20-7-8-24-21(17-20)25(23(29)18-30-24)22(28)9-11-27(26(32)33)12-15-31(16-13-27)14-10-19-5-3-2-4-6-19/h7-8,17-19,22H,2-6,9-16H2,1H3,(H,32,33). The Morgan fingerprint density at radius 1 is 1.26 bits per heavy atom. The molecule has 1 saturated carbocycles. The topological polar surface area (TPSA) is 62.7 Å². The highest BCUT2D eigenvalue weighted by Gasteiger charge is 2.42. The molecule has 0 radical (unpaired) electrons. The van der Waals surface area contributed by atoms with Crippen molar-refractivity contribution in [2.24, 2.45) is 11.3 Å². The third kappa shape index (κ3) is 5.51. The van der Waals surface area contributed by atoms with Gasteiger partial charge in [-0.1, -0.05) is 32.1 Å². The fraction of sp³-hybridized carbons (Fsp3) is 0.630. The highest BCUT2D eigenvalue weighted by atomic mass is 19.1.